The highest BCUT2D eigenvalue weighted by Crippen LogP contribution is 2.24. The van der Waals surface area contributed by atoms with Crippen LogP contribution in [0.3, 0.4) is 0 Å². The first-order chi connectivity index (χ1) is 8.99. The second kappa shape index (κ2) is 5.21. The van der Waals surface area contributed by atoms with Gasteiger partial charge < -0.3 is 15.7 Å². The molecule has 0 radical (unpaired) electrons. The van der Waals surface area contributed by atoms with Gasteiger partial charge in [-0.05, 0) is 19.8 Å². The number of primary amides is 1. The monoisotopic (exact) mass is 264 g/mol. The molecule has 1 aliphatic heterocycles. The predicted octanol–water partition coefficient (Wildman–Crippen LogP) is 0.265. The number of nitrogens with zero attached hydrogens (tertiary/aromatic N) is 3. The normalized spacial score (nSPS) is 23.1. The highest BCUT2D eigenvalue weighted by atomic mass is 16.4. The third-order valence-corrected chi connectivity index (χ3v) is 3.43. The lowest BCUT2D eigenvalue weighted by Gasteiger charge is -2.36. The average molecular weight is 264 g/mol. The van der Waals surface area contributed by atoms with E-state index in [0.29, 0.717) is 12.5 Å². The Bertz CT molecular complexity index is 488. The van der Waals surface area contributed by atoms with Crippen LogP contribution in [0, 0.1) is 5.92 Å². The number of carboxylic acids is 1. The largest absolute Gasteiger partial charge is 0.478 e. The van der Waals surface area contributed by atoms with Crippen LogP contribution in [0.1, 0.15) is 30.1 Å². The number of aromatic carboxylic acids is 1. The number of piperidine rings is 1. The lowest BCUT2D eigenvalue weighted by Crippen LogP contribution is -2.46. The molecule has 0 bridgehead atoms. The maximum absolute atomic E-state index is 11.3. The van der Waals surface area contributed by atoms with Gasteiger partial charge in [0.2, 0.25) is 11.9 Å². The predicted molar refractivity (Wildman–Crippen MR) is 67.7 cm³/mol. The summed E-state index contributed by atoms with van der Waals surface area (Å²) >= 11 is 0. The number of nitrogens with two attached hydrogens (primary N) is 1. The fourth-order valence-electron chi connectivity index (χ4n) is 2.20. The number of hydrogen-bond acceptors (Lipinski definition) is 5. The zero-order chi connectivity index (χ0) is 14.0. The van der Waals surface area contributed by atoms with E-state index < -0.39 is 5.97 Å². The topological polar surface area (TPSA) is 109 Å². The Labute approximate surface area is 110 Å². The van der Waals surface area contributed by atoms with Gasteiger partial charge in [-0.25, -0.2) is 14.8 Å². The van der Waals surface area contributed by atoms with E-state index in [-0.39, 0.29) is 23.4 Å². The number of aromatic nitrogens is 2. The summed E-state index contributed by atoms with van der Waals surface area (Å²) in [4.78, 5) is 32.0. The molecule has 7 heteroatoms. The van der Waals surface area contributed by atoms with Crippen molar-refractivity contribution in [3.8, 4) is 0 Å². The summed E-state index contributed by atoms with van der Waals surface area (Å²) in [6, 6.07) is 0.200. The van der Waals surface area contributed by atoms with Gasteiger partial charge in [-0.15, -0.1) is 0 Å². The van der Waals surface area contributed by atoms with Gasteiger partial charge in [-0.3, -0.25) is 4.79 Å². The van der Waals surface area contributed by atoms with Crippen LogP contribution in [0.2, 0.25) is 0 Å². The number of anilines is 1. The fraction of sp³-hybridized carbons (Fsp3) is 0.500. The van der Waals surface area contributed by atoms with Gasteiger partial charge in [0.05, 0.1) is 11.5 Å². The zero-order valence-electron chi connectivity index (χ0n) is 10.6. The quantitative estimate of drug-likeness (QED) is 0.810. The number of amides is 1. The third-order valence-electron chi connectivity index (χ3n) is 3.43. The molecule has 2 atom stereocenters. The Morgan fingerprint density at radius 2 is 2.00 bits per heavy atom. The molecule has 1 aromatic heterocycles. The van der Waals surface area contributed by atoms with Crippen molar-refractivity contribution < 1.29 is 14.7 Å². The number of carbonyl (C=O) groups is 2. The molecule has 2 heterocycles. The molecule has 1 aromatic rings. The minimum Gasteiger partial charge on any atom is -0.478 e. The van der Waals surface area contributed by atoms with Gasteiger partial charge in [0.25, 0.3) is 0 Å². The molecule has 7 nitrogen and oxygen atoms in total. The molecule has 2 rings (SSSR count). The van der Waals surface area contributed by atoms with Gasteiger partial charge in [0.15, 0.2) is 0 Å². The Balaban J connectivity index is 2.18. The first kappa shape index (κ1) is 13.3. The van der Waals surface area contributed by atoms with Gasteiger partial charge in [-0.2, -0.15) is 0 Å². The van der Waals surface area contributed by atoms with Crippen molar-refractivity contribution in [2.45, 2.75) is 25.8 Å². The van der Waals surface area contributed by atoms with E-state index in [0.717, 1.165) is 12.8 Å². The van der Waals surface area contributed by atoms with Gasteiger partial charge >= 0.3 is 5.97 Å². The molecule has 1 saturated heterocycles. The molecule has 0 aromatic carbocycles. The summed E-state index contributed by atoms with van der Waals surface area (Å²) in [7, 11) is 0. The van der Waals surface area contributed by atoms with Crippen molar-refractivity contribution in [1.29, 1.82) is 0 Å². The summed E-state index contributed by atoms with van der Waals surface area (Å²) in [6.45, 7) is 2.49. The van der Waals surface area contributed by atoms with Crippen molar-refractivity contribution in [1.82, 2.24) is 9.97 Å². The molecular weight excluding hydrogens is 248 g/mol. The van der Waals surface area contributed by atoms with Crippen LogP contribution in [0.5, 0.6) is 0 Å². The van der Waals surface area contributed by atoms with Crippen molar-refractivity contribution in [2.75, 3.05) is 11.4 Å². The Morgan fingerprint density at radius 3 is 2.53 bits per heavy atom. The third kappa shape index (κ3) is 2.81. The highest BCUT2D eigenvalue weighted by molar-refractivity contribution is 5.86. The summed E-state index contributed by atoms with van der Waals surface area (Å²) in [6.07, 6.45) is 4.13. The molecule has 1 aliphatic rings. The summed E-state index contributed by atoms with van der Waals surface area (Å²) in [5.74, 6) is -1.16. The van der Waals surface area contributed by atoms with E-state index in [1.165, 1.54) is 12.4 Å². The average Bonchev–Trinajstić information content (AvgIpc) is 2.39. The van der Waals surface area contributed by atoms with Gasteiger partial charge in [0.1, 0.15) is 0 Å². The number of carbonyl (C=O) groups excluding carboxylic acids is 1. The summed E-state index contributed by atoms with van der Waals surface area (Å²) < 4.78 is 0. The van der Waals surface area contributed by atoms with Crippen LogP contribution in [0.4, 0.5) is 5.95 Å². The van der Waals surface area contributed by atoms with E-state index in [1.807, 2.05) is 11.8 Å². The van der Waals surface area contributed by atoms with Crippen LogP contribution in [0.15, 0.2) is 12.4 Å². The Hall–Kier alpha value is -2.18. The lowest BCUT2D eigenvalue weighted by atomic mass is 9.93. The van der Waals surface area contributed by atoms with Crippen molar-refractivity contribution in [3.05, 3.63) is 18.0 Å². The Morgan fingerprint density at radius 1 is 1.37 bits per heavy atom. The first-order valence-corrected chi connectivity index (χ1v) is 6.10. The van der Waals surface area contributed by atoms with E-state index in [1.54, 1.807) is 0 Å². The molecule has 3 N–H and O–H groups in total. The van der Waals surface area contributed by atoms with E-state index >= 15 is 0 Å². The van der Waals surface area contributed by atoms with E-state index in [9.17, 15) is 9.59 Å². The molecule has 0 aliphatic carbocycles. The zero-order valence-corrected chi connectivity index (χ0v) is 10.6. The number of carboxylic acid groups (broad SMARTS) is 1. The summed E-state index contributed by atoms with van der Waals surface area (Å²) in [5.41, 5.74) is 5.37. The van der Waals surface area contributed by atoms with E-state index in [4.69, 9.17) is 10.8 Å². The molecule has 0 spiro atoms. The minimum absolute atomic E-state index is 0.0415. The fourth-order valence-corrected chi connectivity index (χ4v) is 2.20. The molecule has 102 valence electrons. The number of rotatable bonds is 3. The van der Waals surface area contributed by atoms with Crippen LogP contribution >= 0.6 is 0 Å². The van der Waals surface area contributed by atoms with Gasteiger partial charge in [0, 0.05) is 25.0 Å². The van der Waals surface area contributed by atoms with E-state index in [2.05, 4.69) is 9.97 Å². The second-order valence-corrected chi connectivity index (χ2v) is 4.75. The smallest absolute Gasteiger partial charge is 0.338 e. The molecular formula is C12H16N4O3. The van der Waals surface area contributed by atoms with Crippen LogP contribution < -0.4 is 10.6 Å². The van der Waals surface area contributed by atoms with Crippen molar-refractivity contribution in [3.63, 3.8) is 0 Å². The molecule has 0 saturated carbocycles. The molecule has 19 heavy (non-hydrogen) atoms. The number of hydrogen-bond donors (Lipinski definition) is 2. The minimum atomic E-state index is -1.06. The van der Waals surface area contributed by atoms with Crippen LogP contribution in [-0.4, -0.2) is 39.5 Å². The molecule has 2 unspecified atom stereocenters. The van der Waals surface area contributed by atoms with Crippen LogP contribution in [0.25, 0.3) is 0 Å². The second-order valence-electron chi connectivity index (χ2n) is 4.75. The highest BCUT2D eigenvalue weighted by Gasteiger charge is 2.30. The van der Waals surface area contributed by atoms with Crippen molar-refractivity contribution >= 4 is 17.8 Å². The Kier molecular flexibility index (Phi) is 3.64. The maximum atomic E-state index is 11.3. The SMILES string of the molecule is CC1CCC(C(N)=O)CN1c1ncc(C(=O)O)cn1. The lowest BCUT2D eigenvalue weighted by molar-refractivity contribution is -0.122. The maximum Gasteiger partial charge on any atom is 0.338 e. The van der Waals surface area contributed by atoms with Gasteiger partial charge in [-0.1, -0.05) is 0 Å². The summed E-state index contributed by atoms with van der Waals surface area (Å²) in [5, 5.41) is 8.80. The first-order valence-electron chi connectivity index (χ1n) is 6.10. The standard InChI is InChI=1S/C12H16N4O3/c1-7-2-3-8(10(13)17)6-16(7)12-14-4-9(5-15-12)11(18)19/h4-5,7-8H,2-3,6H2,1H3,(H2,13,17)(H,18,19). The van der Waals surface area contributed by atoms with Crippen molar-refractivity contribution in [2.24, 2.45) is 11.7 Å². The van der Waals surface area contributed by atoms with Crippen LogP contribution in [-0.2, 0) is 4.79 Å². The molecule has 1 fully saturated rings. The molecule has 1 amide bonds.